The summed E-state index contributed by atoms with van der Waals surface area (Å²) >= 11 is 2.77. The third-order valence-corrected chi connectivity index (χ3v) is 10.9. The second-order valence-electron chi connectivity index (χ2n) is 12.4. The van der Waals surface area contributed by atoms with Crippen molar-refractivity contribution < 1.29 is 19.0 Å². The van der Waals surface area contributed by atoms with Crippen LogP contribution in [0.1, 0.15) is 22.6 Å². The molecule has 0 aliphatic carbocycles. The van der Waals surface area contributed by atoms with Crippen molar-refractivity contribution in [3.8, 4) is 17.3 Å². The first kappa shape index (κ1) is 33.1. The molecule has 0 radical (unpaired) electrons. The number of aliphatic hydroxyl groups excluding tert-OH is 1. The second-order valence-corrected chi connectivity index (χ2v) is 14.3. The van der Waals surface area contributed by atoms with Gasteiger partial charge >= 0.3 is 0 Å². The smallest absolute Gasteiger partial charge is 0.236 e. The first-order valence-electron chi connectivity index (χ1n) is 16.1. The summed E-state index contributed by atoms with van der Waals surface area (Å²) < 4.78 is 21.5. The van der Waals surface area contributed by atoms with Crippen LogP contribution < -0.4 is 9.80 Å². The van der Waals surface area contributed by atoms with Crippen LogP contribution >= 0.6 is 22.7 Å². The Morgan fingerprint density at radius 2 is 1.88 bits per heavy atom. The van der Waals surface area contributed by atoms with Gasteiger partial charge in [0, 0.05) is 51.3 Å². The zero-order valence-corrected chi connectivity index (χ0v) is 28.8. The minimum Gasteiger partial charge on any atom is -0.389 e. The highest BCUT2D eigenvalue weighted by Gasteiger charge is 2.33. The molecule has 2 saturated heterocycles. The molecule has 0 saturated carbocycles. The topological polar surface area (TPSA) is 126 Å². The molecule has 0 bridgehead atoms. The van der Waals surface area contributed by atoms with Gasteiger partial charge < -0.3 is 24.5 Å². The van der Waals surface area contributed by atoms with Crippen LogP contribution in [0.25, 0.3) is 16.2 Å². The standard InChI is InChI=1S/C34H36FN9O3S2/c1-40(20-29(46)43-18-26(45)19-43)25-12-14-42(17-25)34-39-44-31(27(37-33(44)49-34)13-15-47-21-22-6-4-3-5-7-22)41(2)32-38-30(28(16-36)48-32)23-8-10-24(35)11-9-23/h3-11,25-26,45H,12-15,17-21H2,1-2H3. The molecule has 3 aromatic heterocycles. The van der Waals surface area contributed by atoms with E-state index in [2.05, 4.69) is 15.9 Å². The van der Waals surface area contributed by atoms with Crippen molar-refractivity contribution >= 4 is 49.6 Å². The number of hydrogen-bond acceptors (Lipinski definition) is 12. The number of amides is 1. The lowest BCUT2D eigenvalue weighted by Gasteiger charge is -2.37. The lowest BCUT2D eigenvalue weighted by molar-refractivity contribution is -0.142. The van der Waals surface area contributed by atoms with Crippen molar-refractivity contribution in [3.05, 3.63) is 76.5 Å². The molecule has 2 aromatic carbocycles. The van der Waals surface area contributed by atoms with Gasteiger partial charge in [0.1, 0.15) is 22.5 Å². The van der Waals surface area contributed by atoms with Crippen LogP contribution in [0.4, 0.5) is 20.5 Å². The molecule has 15 heteroatoms. The number of rotatable bonds is 12. The number of carbonyl (C=O) groups excluding carboxylic acids is 1. The number of carbonyl (C=O) groups is 1. The van der Waals surface area contributed by atoms with E-state index in [-0.39, 0.29) is 17.8 Å². The molecule has 1 N–H and O–H groups in total. The Kier molecular flexibility index (Phi) is 9.57. The van der Waals surface area contributed by atoms with Crippen LogP contribution in [0.2, 0.25) is 0 Å². The molecule has 0 spiro atoms. The number of β-amino-alcohol motifs (C(OH)–C–C–N with tert-alkyl or cyclic N) is 1. The summed E-state index contributed by atoms with van der Waals surface area (Å²) in [4.78, 5) is 31.5. The monoisotopic (exact) mass is 701 g/mol. The number of nitrogens with zero attached hydrogens (tertiary/aromatic N) is 9. The quantitative estimate of drug-likeness (QED) is 0.190. The van der Waals surface area contributed by atoms with E-state index in [4.69, 9.17) is 19.8 Å². The van der Waals surface area contributed by atoms with E-state index in [1.807, 2.05) is 53.8 Å². The minimum absolute atomic E-state index is 0.0382. The molecule has 1 atom stereocenters. The fourth-order valence-corrected chi connectivity index (χ4v) is 7.93. The van der Waals surface area contributed by atoms with Gasteiger partial charge in [-0.05, 0) is 43.3 Å². The maximum atomic E-state index is 13.7. The predicted molar refractivity (Wildman–Crippen MR) is 187 cm³/mol. The molecule has 254 valence electrons. The van der Waals surface area contributed by atoms with Crippen molar-refractivity contribution in [2.24, 2.45) is 0 Å². The number of anilines is 3. The lowest BCUT2D eigenvalue weighted by atomic mass is 10.1. The predicted octanol–water partition coefficient (Wildman–Crippen LogP) is 4.17. The number of hydrogen-bond donors (Lipinski definition) is 1. The van der Waals surface area contributed by atoms with Gasteiger partial charge in [-0.2, -0.15) is 9.78 Å². The molecule has 5 aromatic rings. The molecule has 12 nitrogen and oxygen atoms in total. The van der Waals surface area contributed by atoms with Gasteiger partial charge in [0.25, 0.3) is 0 Å². The van der Waals surface area contributed by atoms with Crippen LogP contribution in [-0.2, 0) is 22.6 Å². The number of aliphatic hydroxyl groups is 1. The van der Waals surface area contributed by atoms with Crippen LogP contribution in [0, 0.1) is 17.1 Å². The molecular weight excluding hydrogens is 666 g/mol. The average molecular weight is 702 g/mol. The Morgan fingerprint density at radius 1 is 1.10 bits per heavy atom. The molecule has 5 heterocycles. The zero-order valence-electron chi connectivity index (χ0n) is 27.2. The number of likely N-dealkylation sites (N-methyl/N-ethyl adjacent to an activating group) is 1. The van der Waals surface area contributed by atoms with Crippen molar-refractivity contribution in [2.75, 3.05) is 63.2 Å². The zero-order chi connectivity index (χ0) is 34.1. The minimum atomic E-state index is -0.410. The van der Waals surface area contributed by atoms with Crippen molar-refractivity contribution in [1.82, 2.24) is 29.4 Å². The molecule has 49 heavy (non-hydrogen) atoms. The van der Waals surface area contributed by atoms with Crippen LogP contribution in [0.3, 0.4) is 0 Å². The van der Waals surface area contributed by atoms with Gasteiger partial charge in [-0.15, -0.1) is 5.10 Å². The lowest BCUT2D eigenvalue weighted by Crippen LogP contribution is -2.56. The van der Waals surface area contributed by atoms with Gasteiger partial charge in [0.2, 0.25) is 16.0 Å². The van der Waals surface area contributed by atoms with Gasteiger partial charge in [-0.3, -0.25) is 9.69 Å². The number of benzene rings is 2. The SMILES string of the molecule is CN(c1nc(-c2ccc(F)cc2)c(C#N)s1)c1c(CCOCc2ccccc2)nc2sc(N3CCC(N(C)CC(=O)N4CC(O)C4)C3)nn12. The fraction of sp³-hybridized carbons (Fsp3) is 0.382. The fourth-order valence-electron chi connectivity index (χ4n) is 6.13. The Balaban J connectivity index is 1.13. The molecule has 1 amide bonds. The molecule has 2 aliphatic rings. The van der Waals surface area contributed by atoms with E-state index in [1.54, 1.807) is 17.0 Å². The Labute approximate surface area is 291 Å². The number of halogens is 1. The third-order valence-electron chi connectivity index (χ3n) is 8.93. The number of aromatic nitrogens is 4. The van der Waals surface area contributed by atoms with Crippen molar-refractivity contribution in [2.45, 2.75) is 31.6 Å². The Hall–Kier alpha value is -4.46. The number of nitriles is 1. The summed E-state index contributed by atoms with van der Waals surface area (Å²) in [5, 5.41) is 26.0. The highest BCUT2D eigenvalue weighted by atomic mass is 32.1. The summed E-state index contributed by atoms with van der Waals surface area (Å²) in [6.45, 7) is 3.60. The van der Waals surface area contributed by atoms with Gasteiger partial charge in [-0.25, -0.2) is 14.4 Å². The summed E-state index contributed by atoms with van der Waals surface area (Å²) in [7, 11) is 3.86. The molecule has 1 unspecified atom stereocenters. The first-order valence-corrected chi connectivity index (χ1v) is 17.7. The summed E-state index contributed by atoms with van der Waals surface area (Å²) in [5.74, 6) is 0.419. The number of thiazole rings is 1. The summed E-state index contributed by atoms with van der Waals surface area (Å²) in [5.41, 5.74) is 3.05. The first-order chi connectivity index (χ1) is 23.8. The van der Waals surface area contributed by atoms with Gasteiger partial charge in [-0.1, -0.05) is 53.0 Å². The molecule has 7 rings (SSSR count). The normalized spacial score (nSPS) is 16.4. The number of fused-ring (bicyclic) bond motifs is 1. The number of imidazole rings is 1. The van der Waals surface area contributed by atoms with Crippen LogP contribution in [0.5, 0.6) is 0 Å². The van der Waals surface area contributed by atoms with Gasteiger partial charge in [0.05, 0.1) is 31.6 Å². The maximum absolute atomic E-state index is 13.7. The maximum Gasteiger partial charge on any atom is 0.236 e. The van der Waals surface area contributed by atoms with E-state index in [9.17, 15) is 19.6 Å². The second kappa shape index (κ2) is 14.2. The molecule has 2 fully saturated rings. The average Bonchev–Trinajstić information content (AvgIpc) is 3.89. The number of likely N-dealkylation sites (tertiary alicyclic amines) is 1. The van der Waals surface area contributed by atoms with E-state index >= 15 is 0 Å². The third kappa shape index (κ3) is 7.01. The molecular formula is C34H36FN9O3S2. The number of ether oxygens (including phenoxy) is 1. The van der Waals surface area contributed by atoms with E-state index in [1.165, 1.54) is 34.8 Å². The van der Waals surface area contributed by atoms with Crippen LogP contribution in [0.15, 0.2) is 54.6 Å². The van der Waals surface area contributed by atoms with Gasteiger partial charge in [0.15, 0.2) is 10.9 Å². The molecule has 2 aliphatic heterocycles. The Bertz CT molecular complexity index is 1970. The highest BCUT2D eigenvalue weighted by Crippen LogP contribution is 2.38. The van der Waals surface area contributed by atoms with E-state index in [0.717, 1.165) is 46.7 Å². The summed E-state index contributed by atoms with van der Waals surface area (Å²) in [6, 6.07) is 18.4. The van der Waals surface area contributed by atoms with Crippen LogP contribution in [-0.4, -0.2) is 106 Å². The van der Waals surface area contributed by atoms with E-state index in [0.29, 0.717) is 60.5 Å². The van der Waals surface area contributed by atoms with Crippen molar-refractivity contribution in [1.29, 1.82) is 5.26 Å². The van der Waals surface area contributed by atoms with E-state index < -0.39 is 6.10 Å². The van der Waals surface area contributed by atoms with Crippen molar-refractivity contribution in [3.63, 3.8) is 0 Å². The summed E-state index contributed by atoms with van der Waals surface area (Å²) in [6.07, 6.45) is 1.03. The Morgan fingerprint density at radius 3 is 2.61 bits per heavy atom. The highest BCUT2D eigenvalue weighted by molar-refractivity contribution is 7.20. The largest absolute Gasteiger partial charge is 0.389 e.